The van der Waals surface area contributed by atoms with Crippen molar-refractivity contribution < 1.29 is 32.6 Å². The monoisotopic (exact) mass is 308 g/mol. The summed E-state index contributed by atoms with van der Waals surface area (Å²) in [5, 5.41) is 0. The summed E-state index contributed by atoms with van der Waals surface area (Å²) in [5.41, 5.74) is -3.18. The molecule has 1 heterocycles. The fourth-order valence-corrected chi connectivity index (χ4v) is 4.35. The predicted octanol–water partition coefficient (Wildman–Crippen LogP) is 1.43. The van der Waals surface area contributed by atoms with E-state index in [0.717, 1.165) is 0 Å². The van der Waals surface area contributed by atoms with Crippen molar-refractivity contribution >= 4 is 14.8 Å². The van der Waals surface area contributed by atoms with E-state index in [1.165, 1.54) is 21.3 Å². The molecule has 1 aliphatic rings. The third kappa shape index (κ3) is 2.63. The molecule has 0 aromatic carbocycles. The Labute approximate surface area is 120 Å². The highest BCUT2D eigenvalue weighted by atomic mass is 28.4. The lowest BCUT2D eigenvalue weighted by molar-refractivity contribution is -0.170. The first-order valence-corrected chi connectivity index (χ1v) is 8.00. The highest BCUT2D eigenvalue weighted by Crippen LogP contribution is 2.53. The summed E-state index contributed by atoms with van der Waals surface area (Å²) < 4.78 is 21.5. The Hall–Kier alpha value is -0.513. The molecule has 0 N–H and O–H groups in total. The minimum Gasteiger partial charge on any atom is -0.459 e. The molecule has 0 aromatic rings. The Morgan fingerprint density at radius 1 is 0.950 bits per heavy atom. The molecular formula is C12H24O7Si. The van der Waals surface area contributed by atoms with Crippen LogP contribution in [0.3, 0.4) is 0 Å². The molecule has 1 rings (SSSR count). The molecule has 0 spiro atoms. The lowest BCUT2D eigenvalue weighted by Gasteiger charge is -2.36. The molecule has 0 radical (unpaired) electrons. The minimum absolute atomic E-state index is 0.481. The molecule has 0 aliphatic carbocycles. The van der Waals surface area contributed by atoms with Crippen LogP contribution in [-0.4, -0.2) is 47.1 Å². The van der Waals surface area contributed by atoms with E-state index in [0.29, 0.717) is 0 Å². The van der Waals surface area contributed by atoms with Crippen LogP contribution in [0.1, 0.15) is 34.6 Å². The Bertz CT molecular complexity index is 358. The summed E-state index contributed by atoms with van der Waals surface area (Å²) in [7, 11) is 0.931. The van der Waals surface area contributed by atoms with E-state index in [9.17, 15) is 4.79 Å². The van der Waals surface area contributed by atoms with Crippen molar-refractivity contribution in [3.05, 3.63) is 0 Å². The lowest BCUT2D eigenvalue weighted by Crippen LogP contribution is -2.65. The maximum absolute atomic E-state index is 12.4. The summed E-state index contributed by atoms with van der Waals surface area (Å²) in [6.45, 7) is 8.65. The molecular weight excluding hydrogens is 284 g/mol. The van der Waals surface area contributed by atoms with Gasteiger partial charge in [0.25, 0.3) is 0 Å². The zero-order valence-electron chi connectivity index (χ0n) is 13.4. The molecule has 1 aliphatic heterocycles. The van der Waals surface area contributed by atoms with Crippen molar-refractivity contribution in [1.82, 2.24) is 0 Å². The van der Waals surface area contributed by atoms with Crippen LogP contribution in [0.25, 0.3) is 0 Å². The normalized spacial score (nSPS) is 18.8. The highest BCUT2D eigenvalue weighted by molar-refractivity contribution is 6.64. The summed E-state index contributed by atoms with van der Waals surface area (Å²) >= 11 is 0. The van der Waals surface area contributed by atoms with Crippen molar-refractivity contribution in [2.75, 3.05) is 21.3 Å². The second-order valence-electron chi connectivity index (χ2n) is 6.08. The fraction of sp³-hybridized carbons (Fsp3) is 0.917. The van der Waals surface area contributed by atoms with Gasteiger partial charge in [0.05, 0.1) is 0 Å². The van der Waals surface area contributed by atoms with Crippen molar-refractivity contribution in [3.8, 4) is 0 Å². The smallest absolute Gasteiger partial charge is 0.459 e. The Balaban J connectivity index is 3.10. The highest BCUT2D eigenvalue weighted by Gasteiger charge is 2.83. The molecule has 0 aromatic heterocycles. The van der Waals surface area contributed by atoms with E-state index in [1.807, 2.05) is 0 Å². The number of carbonyl (C=O) groups is 1. The zero-order chi connectivity index (χ0) is 15.8. The van der Waals surface area contributed by atoms with Gasteiger partial charge in [0.2, 0.25) is 0 Å². The molecule has 0 amide bonds. The lowest BCUT2D eigenvalue weighted by atomic mass is 9.92. The molecule has 1 saturated heterocycles. The second-order valence-corrected chi connectivity index (χ2v) is 9.07. The van der Waals surface area contributed by atoms with E-state index >= 15 is 0 Å². The average molecular weight is 308 g/mol. The number of ether oxygens (including phenoxy) is 1. The zero-order valence-corrected chi connectivity index (χ0v) is 14.4. The van der Waals surface area contributed by atoms with E-state index in [1.54, 1.807) is 34.6 Å². The average Bonchev–Trinajstić information content (AvgIpc) is 3.12. The standard InChI is InChI=1S/C12H24O7Si/c1-10(2,3)17-9(13)11(4,5)12(18-19-12)20(14-6,15-7)16-8/h1-8H3. The first kappa shape index (κ1) is 17.5. The van der Waals surface area contributed by atoms with Crippen LogP contribution >= 0.6 is 0 Å². The van der Waals surface area contributed by atoms with Gasteiger partial charge in [-0.1, -0.05) is 0 Å². The van der Waals surface area contributed by atoms with Gasteiger partial charge in [0, 0.05) is 21.3 Å². The molecule has 0 unspecified atom stereocenters. The molecule has 1 fully saturated rings. The van der Waals surface area contributed by atoms with Crippen LogP contribution in [0, 0.1) is 5.41 Å². The third-order valence-corrected chi connectivity index (χ3v) is 6.40. The number of rotatable bonds is 6. The Morgan fingerprint density at radius 3 is 1.60 bits per heavy atom. The number of hydrogen-bond donors (Lipinski definition) is 0. The topological polar surface area (TPSA) is 79.1 Å². The fourth-order valence-electron chi connectivity index (χ4n) is 1.93. The van der Waals surface area contributed by atoms with Gasteiger partial charge in [-0.05, 0) is 34.6 Å². The molecule has 0 bridgehead atoms. The minimum atomic E-state index is -3.35. The summed E-state index contributed by atoms with van der Waals surface area (Å²) in [6.07, 6.45) is 0. The maximum Gasteiger partial charge on any atom is 0.570 e. The predicted molar refractivity (Wildman–Crippen MR) is 71.3 cm³/mol. The second kappa shape index (κ2) is 5.36. The largest absolute Gasteiger partial charge is 0.570 e. The Morgan fingerprint density at radius 2 is 1.35 bits per heavy atom. The van der Waals surface area contributed by atoms with Crippen molar-refractivity contribution in [3.63, 3.8) is 0 Å². The van der Waals surface area contributed by atoms with Gasteiger partial charge in [-0.2, -0.15) is 9.78 Å². The molecule has 0 atom stereocenters. The molecule has 8 heteroatoms. The van der Waals surface area contributed by atoms with E-state index in [-0.39, 0.29) is 0 Å². The third-order valence-electron chi connectivity index (χ3n) is 3.19. The van der Waals surface area contributed by atoms with Crippen molar-refractivity contribution in [1.29, 1.82) is 0 Å². The molecule has 7 nitrogen and oxygen atoms in total. The van der Waals surface area contributed by atoms with Crippen molar-refractivity contribution in [2.45, 2.75) is 45.6 Å². The van der Waals surface area contributed by atoms with Gasteiger partial charge >= 0.3 is 20.2 Å². The molecule has 0 saturated carbocycles. The number of carbonyl (C=O) groups excluding carboxylic acids is 1. The van der Waals surface area contributed by atoms with E-state index < -0.39 is 31.2 Å². The van der Waals surface area contributed by atoms with Crippen LogP contribution in [0.2, 0.25) is 0 Å². The summed E-state index contributed by atoms with van der Waals surface area (Å²) in [6, 6.07) is 0. The van der Waals surface area contributed by atoms with Crippen LogP contribution in [0.15, 0.2) is 0 Å². The van der Waals surface area contributed by atoms with Gasteiger partial charge < -0.3 is 18.0 Å². The molecule has 118 valence electrons. The first-order chi connectivity index (χ1) is 9.02. The molecule has 20 heavy (non-hydrogen) atoms. The quantitative estimate of drug-likeness (QED) is 0.318. The van der Waals surface area contributed by atoms with Gasteiger partial charge in [-0.3, -0.25) is 4.79 Å². The first-order valence-electron chi connectivity index (χ1n) is 6.27. The van der Waals surface area contributed by atoms with Crippen molar-refractivity contribution in [2.24, 2.45) is 5.41 Å². The Kier molecular flexibility index (Phi) is 4.70. The van der Waals surface area contributed by atoms with Crippen LogP contribution in [0.5, 0.6) is 0 Å². The van der Waals surface area contributed by atoms with Gasteiger partial charge in [0.1, 0.15) is 11.0 Å². The summed E-state index contributed by atoms with van der Waals surface area (Å²) in [5.74, 6) is -0.481. The van der Waals surface area contributed by atoms with E-state index in [4.69, 9.17) is 27.8 Å². The number of hydrogen-bond acceptors (Lipinski definition) is 7. The SMILES string of the molecule is CO[Si](OC)(OC)C1(C(C)(C)C(=O)OC(C)(C)C)OO1. The maximum atomic E-state index is 12.4. The van der Waals surface area contributed by atoms with Gasteiger partial charge in [0.15, 0.2) is 0 Å². The van der Waals surface area contributed by atoms with Crippen LogP contribution in [-0.2, 0) is 32.6 Å². The van der Waals surface area contributed by atoms with E-state index in [2.05, 4.69) is 0 Å². The van der Waals surface area contributed by atoms with Crippen LogP contribution < -0.4 is 0 Å². The number of esters is 1. The van der Waals surface area contributed by atoms with Gasteiger partial charge in [-0.15, -0.1) is 0 Å². The van der Waals surface area contributed by atoms with Crippen LogP contribution in [0.4, 0.5) is 0 Å². The van der Waals surface area contributed by atoms with Gasteiger partial charge in [-0.25, -0.2) is 0 Å². The summed E-state index contributed by atoms with van der Waals surface area (Å²) in [4.78, 5) is 22.7.